The number of hydrogen-bond acceptors (Lipinski definition) is 4. The van der Waals surface area contributed by atoms with Gasteiger partial charge in [0.25, 0.3) is 0 Å². The standard InChI is InChI=1S/C7H8N4O/c1-5-9-11-7(12-5)4-6-2-3-8-10-6/h2-3H,4H2,1H3,(H,8,10). The first-order valence-electron chi connectivity index (χ1n) is 3.62. The molecule has 2 aromatic rings. The van der Waals surface area contributed by atoms with E-state index in [-0.39, 0.29) is 0 Å². The van der Waals surface area contributed by atoms with E-state index >= 15 is 0 Å². The number of rotatable bonds is 2. The highest BCUT2D eigenvalue weighted by Gasteiger charge is 2.03. The van der Waals surface area contributed by atoms with Crippen molar-refractivity contribution in [3.63, 3.8) is 0 Å². The van der Waals surface area contributed by atoms with Crippen molar-refractivity contribution in [3.8, 4) is 0 Å². The summed E-state index contributed by atoms with van der Waals surface area (Å²) in [6.45, 7) is 1.77. The predicted octanol–water partition coefficient (Wildman–Crippen LogP) is 0.692. The molecule has 0 saturated heterocycles. The third-order valence-electron chi connectivity index (χ3n) is 1.47. The van der Waals surface area contributed by atoms with Crippen LogP contribution in [0.15, 0.2) is 16.7 Å². The fraction of sp³-hybridized carbons (Fsp3) is 0.286. The molecule has 0 aromatic carbocycles. The second-order valence-corrected chi connectivity index (χ2v) is 2.47. The Kier molecular flexibility index (Phi) is 1.62. The molecule has 2 aromatic heterocycles. The molecule has 2 rings (SSSR count). The first-order valence-corrected chi connectivity index (χ1v) is 3.62. The zero-order chi connectivity index (χ0) is 8.39. The smallest absolute Gasteiger partial charge is 0.222 e. The molecule has 0 atom stereocenters. The zero-order valence-electron chi connectivity index (χ0n) is 6.61. The summed E-state index contributed by atoms with van der Waals surface area (Å²) >= 11 is 0. The Morgan fingerprint density at radius 2 is 2.42 bits per heavy atom. The van der Waals surface area contributed by atoms with Gasteiger partial charge in [0.1, 0.15) is 0 Å². The van der Waals surface area contributed by atoms with Crippen LogP contribution in [0.2, 0.25) is 0 Å². The molecule has 62 valence electrons. The molecular formula is C7H8N4O. The van der Waals surface area contributed by atoms with Crippen LogP contribution < -0.4 is 0 Å². The van der Waals surface area contributed by atoms with Crippen molar-refractivity contribution in [3.05, 3.63) is 29.7 Å². The number of aromatic nitrogens is 4. The summed E-state index contributed by atoms with van der Waals surface area (Å²) in [5.41, 5.74) is 0.971. The highest BCUT2D eigenvalue weighted by atomic mass is 16.4. The Labute approximate surface area is 68.8 Å². The van der Waals surface area contributed by atoms with E-state index in [0.717, 1.165) is 5.69 Å². The Morgan fingerprint density at radius 3 is 3.00 bits per heavy atom. The Morgan fingerprint density at radius 1 is 1.50 bits per heavy atom. The minimum absolute atomic E-state index is 0.588. The third-order valence-corrected chi connectivity index (χ3v) is 1.47. The first kappa shape index (κ1) is 7.02. The number of aryl methyl sites for hydroxylation is 1. The van der Waals surface area contributed by atoms with E-state index in [2.05, 4.69) is 20.4 Å². The second-order valence-electron chi connectivity index (χ2n) is 2.47. The monoisotopic (exact) mass is 164 g/mol. The molecule has 0 bridgehead atoms. The van der Waals surface area contributed by atoms with Crippen molar-refractivity contribution in [2.75, 3.05) is 0 Å². The van der Waals surface area contributed by atoms with Crippen LogP contribution >= 0.6 is 0 Å². The highest BCUT2D eigenvalue weighted by molar-refractivity contribution is 5.03. The lowest BCUT2D eigenvalue weighted by atomic mass is 10.3. The largest absolute Gasteiger partial charge is 0.425 e. The van der Waals surface area contributed by atoms with Crippen molar-refractivity contribution < 1.29 is 4.42 Å². The first-order chi connectivity index (χ1) is 5.84. The van der Waals surface area contributed by atoms with Crippen molar-refractivity contribution in [2.45, 2.75) is 13.3 Å². The van der Waals surface area contributed by atoms with E-state index < -0.39 is 0 Å². The van der Waals surface area contributed by atoms with Crippen LogP contribution in [-0.4, -0.2) is 20.4 Å². The fourth-order valence-electron chi connectivity index (χ4n) is 0.955. The summed E-state index contributed by atoms with van der Waals surface area (Å²) in [4.78, 5) is 0. The molecule has 5 nitrogen and oxygen atoms in total. The van der Waals surface area contributed by atoms with E-state index in [0.29, 0.717) is 18.2 Å². The molecule has 0 amide bonds. The van der Waals surface area contributed by atoms with Crippen LogP contribution in [0.4, 0.5) is 0 Å². The number of aromatic amines is 1. The average Bonchev–Trinajstić information content (AvgIpc) is 2.63. The van der Waals surface area contributed by atoms with Gasteiger partial charge in [0.2, 0.25) is 11.8 Å². The van der Waals surface area contributed by atoms with E-state index in [9.17, 15) is 0 Å². The number of H-pyrrole nitrogens is 1. The molecule has 0 aliphatic rings. The van der Waals surface area contributed by atoms with E-state index in [4.69, 9.17) is 4.42 Å². The van der Waals surface area contributed by atoms with Crippen molar-refractivity contribution in [1.82, 2.24) is 20.4 Å². The topological polar surface area (TPSA) is 67.6 Å². The quantitative estimate of drug-likeness (QED) is 0.709. The van der Waals surface area contributed by atoms with Gasteiger partial charge in [0.15, 0.2) is 0 Å². The van der Waals surface area contributed by atoms with Gasteiger partial charge in [-0.1, -0.05) is 0 Å². The lowest BCUT2D eigenvalue weighted by molar-refractivity contribution is 0.476. The molecule has 1 N–H and O–H groups in total. The molecule has 0 spiro atoms. The summed E-state index contributed by atoms with van der Waals surface area (Å²) in [6.07, 6.45) is 2.30. The van der Waals surface area contributed by atoms with Crippen LogP contribution in [0.5, 0.6) is 0 Å². The van der Waals surface area contributed by atoms with Crippen molar-refractivity contribution in [2.24, 2.45) is 0 Å². The van der Waals surface area contributed by atoms with Gasteiger partial charge in [-0.25, -0.2) is 0 Å². The van der Waals surface area contributed by atoms with E-state index in [1.165, 1.54) is 0 Å². The normalized spacial score (nSPS) is 10.4. The molecule has 12 heavy (non-hydrogen) atoms. The summed E-state index contributed by atoms with van der Waals surface area (Å²) in [5, 5.41) is 14.2. The maximum absolute atomic E-state index is 5.19. The van der Waals surface area contributed by atoms with Crippen LogP contribution in [0.25, 0.3) is 0 Å². The fourth-order valence-corrected chi connectivity index (χ4v) is 0.955. The van der Waals surface area contributed by atoms with Gasteiger partial charge in [-0.3, -0.25) is 5.10 Å². The highest BCUT2D eigenvalue weighted by Crippen LogP contribution is 2.04. The van der Waals surface area contributed by atoms with Crippen LogP contribution in [-0.2, 0) is 6.42 Å². The van der Waals surface area contributed by atoms with Gasteiger partial charge in [0.05, 0.1) is 6.42 Å². The summed E-state index contributed by atoms with van der Waals surface area (Å²) in [6, 6.07) is 1.87. The van der Waals surface area contributed by atoms with Crippen molar-refractivity contribution >= 4 is 0 Å². The van der Waals surface area contributed by atoms with Gasteiger partial charge in [-0.2, -0.15) is 5.10 Å². The minimum atomic E-state index is 0.588. The van der Waals surface area contributed by atoms with Gasteiger partial charge in [0, 0.05) is 18.8 Å². The van der Waals surface area contributed by atoms with Gasteiger partial charge < -0.3 is 4.42 Å². The van der Waals surface area contributed by atoms with E-state index in [1.807, 2.05) is 6.07 Å². The number of nitrogens with zero attached hydrogens (tertiary/aromatic N) is 3. The molecule has 0 radical (unpaired) electrons. The number of nitrogens with one attached hydrogen (secondary N) is 1. The number of hydrogen-bond donors (Lipinski definition) is 1. The summed E-state index contributed by atoms with van der Waals surface area (Å²) in [5.74, 6) is 1.20. The lowest BCUT2D eigenvalue weighted by Crippen LogP contribution is -1.88. The maximum Gasteiger partial charge on any atom is 0.222 e. The SMILES string of the molecule is Cc1nnc(Cc2ccn[nH]2)o1. The average molecular weight is 164 g/mol. The van der Waals surface area contributed by atoms with Gasteiger partial charge in [-0.15, -0.1) is 10.2 Å². The Hall–Kier alpha value is -1.65. The van der Waals surface area contributed by atoms with Crippen LogP contribution in [0, 0.1) is 6.92 Å². The zero-order valence-corrected chi connectivity index (χ0v) is 6.61. The molecule has 0 aliphatic heterocycles. The molecule has 0 unspecified atom stereocenters. The van der Waals surface area contributed by atoms with Crippen molar-refractivity contribution in [1.29, 1.82) is 0 Å². The molecule has 0 saturated carbocycles. The molecule has 5 heteroatoms. The third kappa shape index (κ3) is 1.34. The summed E-state index contributed by atoms with van der Waals surface area (Å²) in [7, 11) is 0. The predicted molar refractivity (Wildman–Crippen MR) is 40.4 cm³/mol. The van der Waals surface area contributed by atoms with E-state index in [1.54, 1.807) is 13.1 Å². The molecular weight excluding hydrogens is 156 g/mol. The van der Waals surface area contributed by atoms with Gasteiger partial charge in [-0.05, 0) is 6.07 Å². The summed E-state index contributed by atoms with van der Waals surface area (Å²) < 4.78 is 5.19. The molecule has 0 fully saturated rings. The molecule has 2 heterocycles. The Bertz CT molecular complexity index is 351. The second kappa shape index (κ2) is 2.77. The minimum Gasteiger partial charge on any atom is -0.425 e. The van der Waals surface area contributed by atoms with Gasteiger partial charge >= 0.3 is 0 Å². The molecule has 0 aliphatic carbocycles. The van der Waals surface area contributed by atoms with Crippen LogP contribution in [0.3, 0.4) is 0 Å². The maximum atomic E-state index is 5.19. The van der Waals surface area contributed by atoms with Crippen LogP contribution in [0.1, 0.15) is 17.5 Å². The lowest BCUT2D eigenvalue weighted by Gasteiger charge is -1.87. The Balaban J connectivity index is 2.14.